The van der Waals surface area contributed by atoms with Crippen LogP contribution in [0.1, 0.15) is 21.6 Å². The number of rotatable bonds is 6. The topological polar surface area (TPSA) is 87.5 Å². The molecule has 3 rings (SSSR count). The van der Waals surface area contributed by atoms with Gasteiger partial charge in [0.15, 0.2) is 0 Å². The maximum Gasteiger partial charge on any atom is 0.279 e. The highest BCUT2D eigenvalue weighted by Crippen LogP contribution is 2.21. The van der Waals surface area contributed by atoms with E-state index in [2.05, 4.69) is 27.6 Å². The van der Waals surface area contributed by atoms with E-state index < -0.39 is 0 Å². The number of carbonyl (C=O) groups is 1. The fourth-order valence-corrected chi connectivity index (χ4v) is 2.58. The Morgan fingerprint density at radius 2 is 1.79 bits per heavy atom. The lowest BCUT2D eigenvalue weighted by atomic mass is 10.2. The molecule has 0 saturated heterocycles. The van der Waals surface area contributed by atoms with Crippen molar-refractivity contribution in [2.75, 3.05) is 21.3 Å². The number of hydrogen-bond donors (Lipinski definition) is 2. The van der Waals surface area contributed by atoms with E-state index in [1.807, 2.05) is 37.4 Å². The van der Waals surface area contributed by atoms with Crippen LogP contribution in [0.25, 0.3) is 0 Å². The Morgan fingerprint density at radius 3 is 2.31 bits per heavy atom. The molecule has 0 aliphatic carbocycles. The van der Waals surface area contributed by atoms with Gasteiger partial charge in [0.05, 0.1) is 27.9 Å². The first kappa shape index (κ1) is 22.1. The van der Waals surface area contributed by atoms with E-state index in [4.69, 9.17) is 14.2 Å². The summed E-state index contributed by atoms with van der Waals surface area (Å²) in [6, 6.07) is 11.0. The van der Waals surface area contributed by atoms with Crippen LogP contribution in [0.3, 0.4) is 0 Å². The summed E-state index contributed by atoms with van der Waals surface area (Å²) >= 11 is 3.69. The molecule has 8 nitrogen and oxygen atoms in total. The van der Waals surface area contributed by atoms with E-state index in [-0.39, 0.29) is 11.6 Å². The lowest BCUT2D eigenvalue weighted by Gasteiger charge is -2.09. The Labute approximate surface area is 175 Å². The number of aromatic nitrogens is 3. The number of amides is 1. The zero-order valence-electron chi connectivity index (χ0n) is 16.7. The molecule has 0 spiro atoms. The number of benzene rings is 1. The van der Waals surface area contributed by atoms with Gasteiger partial charge in [0.25, 0.3) is 5.91 Å². The van der Waals surface area contributed by atoms with Crippen LogP contribution < -0.4 is 18.9 Å². The number of carbonyl (C=O) groups excluding carboxylic acids is 1. The van der Waals surface area contributed by atoms with Crippen LogP contribution in [0.5, 0.6) is 17.4 Å². The van der Waals surface area contributed by atoms with Gasteiger partial charge < -0.3 is 14.2 Å². The molecule has 1 N–H and O–H groups in total. The largest absolute Gasteiger partial charge is 0.497 e. The van der Waals surface area contributed by atoms with Crippen molar-refractivity contribution in [2.45, 2.75) is 13.5 Å². The third kappa shape index (κ3) is 6.42. The summed E-state index contributed by atoms with van der Waals surface area (Å²) in [5.74, 6) is 1.70. The first-order valence-electron chi connectivity index (χ1n) is 8.66. The van der Waals surface area contributed by atoms with Crippen LogP contribution in [-0.2, 0) is 6.54 Å². The van der Waals surface area contributed by atoms with E-state index in [1.165, 1.54) is 7.11 Å². The van der Waals surface area contributed by atoms with E-state index in [9.17, 15) is 4.79 Å². The van der Waals surface area contributed by atoms with Gasteiger partial charge in [-0.15, -0.1) is 0 Å². The van der Waals surface area contributed by atoms with Crippen molar-refractivity contribution in [3.8, 4) is 17.4 Å². The number of pyridine rings is 1. The van der Waals surface area contributed by atoms with Gasteiger partial charge in [-0.05, 0) is 42.8 Å². The molecule has 2 heterocycles. The number of methoxy groups -OCH3 is 3. The van der Waals surface area contributed by atoms with E-state index in [0.29, 0.717) is 12.4 Å². The van der Waals surface area contributed by atoms with Crippen molar-refractivity contribution in [1.82, 2.24) is 19.5 Å². The molecule has 0 bridgehead atoms. The molecule has 0 unspecified atom stereocenters. The minimum absolute atomic E-state index is 0.256. The van der Waals surface area contributed by atoms with E-state index in [0.717, 1.165) is 22.6 Å². The van der Waals surface area contributed by atoms with Crippen molar-refractivity contribution < 1.29 is 19.0 Å². The number of aryl methyl sites for hydroxylation is 1. The van der Waals surface area contributed by atoms with Crippen LogP contribution in [0, 0.1) is 6.92 Å². The second kappa shape index (κ2) is 11.0. The predicted molar refractivity (Wildman–Crippen MR) is 113 cm³/mol. The summed E-state index contributed by atoms with van der Waals surface area (Å²) in [6.07, 6.45) is 3.54. The van der Waals surface area contributed by atoms with Crippen LogP contribution >= 0.6 is 12.8 Å². The molecule has 29 heavy (non-hydrogen) atoms. The lowest BCUT2D eigenvalue weighted by molar-refractivity contribution is 0.0979. The van der Waals surface area contributed by atoms with Crippen LogP contribution in [-0.4, -0.2) is 42.0 Å². The highest BCUT2D eigenvalue weighted by atomic mass is 32.1. The molecular weight excluding hydrogens is 392 g/mol. The first-order chi connectivity index (χ1) is 14.0. The summed E-state index contributed by atoms with van der Waals surface area (Å²) in [5.41, 5.74) is 2.24. The van der Waals surface area contributed by atoms with Gasteiger partial charge in [0, 0.05) is 24.0 Å². The van der Waals surface area contributed by atoms with Crippen molar-refractivity contribution in [3.05, 3.63) is 65.6 Å². The van der Waals surface area contributed by atoms with Gasteiger partial charge in [-0.25, -0.2) is 4.98 Å². The molecule has 0 aliphatic heterocycles. The molecule has 1 amide bonds. The molecular formula is C20H24N4O4S. The molecule has 0 radical (unpaired) electrons. The van der Waals surface area contributed by atoms with Crippen molar-refractivity contribution >= 4 is 18.7 Å². The highest BCUT2D eigenvalue weighted by molar-refractivity contribution is 7.78. The Balaban J connectivity index is 0.000000234. The fourth-order valence-electron chi connectivity index (χ4n) is 2.47. The summed E-state index contributed by atoms with van der Waals surface area (Å²) in [5, 5.41) is 4.10. The molecule has 2 aromatic heterocycles. The van der Waals surface area contributed by atoms with Gasteiger partial charge in [-0.1, -0.05) is 12.8 Å². The summed E-state index contributed by atoms with van der Waals surface area (Å²) < 4.78 is 19.3. The van der Waals surface area contributed by atoms with E-state index >= 15 is 0 Å². The standard InChI is InChI=1S/C11H12N4O2S.C9H12O2/c1-17-11-8(7-15-6-2-5-12-15)3-4-9(13-11)10(16)14-18;1-7-4-8(10-2)6-9(5-7)11-3/h2-6,18H,7H2,1H3,(H,14,16);4-6H,1-3H3. The average Bonchev–Trinajstić information content (AvgIpc) is 3.26. The zero-order valence-corrected chi connectivity index (χ0v) is 17.6. The van der Waals surface area contributed by atoms with Gasteiger partial charge >= 0.3 is 0 Å². The average molecular weight is 417 g/mol. The second-order valence-corrected chi connectivity index (χ2v) is 6.12. The number of ether oxygens (including phenoxy) is 3. The molecule has 0 saturated carbocycles. The van der Waals surface area contributed by atoms with E-state index in [1.54, 1.807) is 37.2 Å². The number of nitrogens with one attached hydrogen (secondary N) is 1. The molecule has 0 fully saturated rings. The highest BCUT2D eigenvalue weighted by Gasteiger charge is 2.11. The van der Waals surface area contributed by atoms with Crippen LogP contribution in [0.4, 0.5) is 0 Å². The second-order valence-electron chi connectivity index (χ2n) is 5.90. The Kier molecular flexibility index (Phi) is 8.35. The number of hydrogen-bond acceptors (Lipinski definition) is 7. The SMILES string of the molecule is COc1cc(C)cc(OC)c1.COc1nc(C(=O)NS)ccc1Cn1cccn1. The molecule has 1 aromatic carbocycles. The summed E-state index contributed by atoms with van der Waals surface area (Å²) in [7, 11) is 4.81. The minimum atomic E-state index is -0.373. The summed E-state index contributed by atoms with van der Waals surface area (Å²) in [6.45, 7) is 2.54. The predicted octanol–water partition coefficient (Wildman–Crippen LogP) is 2.92. The third-order valence-corrected chi connectivity index (χ3v) is 4.06. The van der Waals surface area contributed by atoms with Crippen molar-refractivity contribution in [1.29, 1.82) is 0 Å². The molecule has 9 heteroatoms. The number of nitrogens with zero attached hydrogens (tertiary/aromatic N) is 3. The van der Waals surface area contributed by atoms with Gasteiger partial charge in [0.1, 0.15) is 17.2 Å². The monoisotopic (exact) mass is 416 g/mol. The molecule has 0 atom stereocenters. The third-order valence-electron chi connectivity index (χ3n) is 3.85. The first-order valence-corrected chi connectivity index (χ1v) is 9.10. The molecule has 154 valence electrons. The maximum atomic E-state index is 11.4. The maximum absolute atomic E-state index is 11.4. The summed E-state index contributed by atoms with van der Waals surface area (Å²) in [4.78, 5) is 15.5. The molecule has 3 aromatic rings. The Morgan fingerprint density at radius 1 is 1.10 bits per heavy atom. The minimum Gasteiger partial charge on any atom is -0.497 e. The zero-order chi connectivity index (χ0) is 21.2. The fraction of sp³-hybridized carbons (Fsp3) is 0.250. The smallest absolute Gasteiger partial charge is 0.279 e. The number of thiol groups is 1. The Bertz CT molecular complexity index is 910. The normalized spacial score (nSPS) is 9.83. The van der Waals surface area contributed by atoms with Crippen LogP contribution in [0.2, 0.25) is 0 Å². The van der Waals surface area contributed by atoms with Gasteiger partial charge in [-0.3, -0.25) is 14.2 Å². The van der Waals surface area contributed by atoms with Gasteiger partial charge in [-0.2, -0.15) is 5.10 Å². The lowest BCUT2D eigenvalue weighted by Crippen LogP contribution is -2.15. The van der Waals surface area contributed by atoms with Gasteiger partial charge in [0.2, 0.25) is 5.88 Å². The van der Waals surface area contributed by atoms with Crippen molar-refractivity contribution in [3.63, 3.8) is 0 Å². The Hall–Kier alpha value is -3.20. The van der Waals surface area contributed by atoms with Crippen molar-refractivity contribution in [2.24, 2.45) is 0 Å². The molecule has 0 aliphatic rings. The van der Waals surface area contributed by atoms with Crippen LogP contribution in [0.15, 0.2) is 48.8 Å². The quantitative estimate of drug-likeness (QED) is 0.601.